The van der Waals surface area contributed by atoms with Crippen LogP contribution < -0.4 is 10.6 Å². The van der Waals surface area contributed by atoms with Gasteiger partial charge in [0.05, 0.1) is 18.0 Å². The summed E-state index contributed by atoms with van der Waals surface area (Å²) in [6.07, 6.45) is -4.44. The molecule has 0 radical (unpaired) electrons. The van der Waals surface area contributed by atoms with Crippen LogP contribution in [0, 0.1) is 0 Å². The normalized spacial score (nSPS) is 14.0. The maximum Gasteiger partial charge on any atom is 0.413 e. The molecule has 0 saturated heterocycles. The third-order valence-corrected chi connectivity index (χ3v) is 11.9. The summed E-state index contributed by atoms with van der Waals surface area (Å²) in [4.78, 5) is 29.5. The van der Waals surface area contributed by atoms with Crippen molar-refractivity contribution in [3.8, 4) is 0 Å². The largest absolute Gasteiger partial charge is 0.453 e. The number of nitrogens with one attached hydrogen (secondary N) is 3. The lowest BCUT2D eigenvalue weighted by Gasteiger charge is -2.33. The van der Waals surface area contributed by atoms with E-state index < -0.39 is 64.9 Å². The van der Waals surface area contributed by atoms with Crippen molar-refractivity contribution in [3.63, 3.8) is 0 Å². The molecule has 0 unspecified atom stereocenters. The molecule has 4 N–H and O–H groups in total. The maximum atomic E-state index is 14.9. The average Bonchev–Trinajstić information content (AvgIpc) is 3.80. The predicted octanol–water partition coefficient (Wildman–Crippen LogP) is 7.03. The Labute approximate surface area is 303 Å². The Kier molecular flexibility index (Phi) is 12.1. The van der Waals surface area contributed by atoms with Crippen LogP contribution in [0.1, 0.15) is 59.2 Å². The second-order valence-electron chi connectivity index (χ2n) is 12.3. The Morgan fingerprint density at radius 2 is 1.52 bits per heavy atom. The number of ether oxygens (including phenoxy) is 1. The zero-order valence-electron chi connectivity index (χ0n) is 28.5. The first-order chi connectivity index (χ1) is 24.8. The number of alkyl carbamates (subject to hydrolysis) is 1. The number of hydrogen-bond acceptors (Lipinski definition) is 7. The van der Waals surface area contributed by atoms with Gasteiger partial charge in [-0.05, 0) is 67.8 Å². The van der Waals surface area contributed by atoms with Crippen molar-refractivity contribution in [3.05, 3.63) is 124 Å². The van der Waals surface area contributed by atoms with Crippen molar-refractivity contribution in [2.45, 2.75) is 61.4 Å². The van der Waals surface area contributed by atoms with Crippen LogP contribution in [0.4, 0.5) is 18.0 Å². The van der Waals surface area contributed by atoms with Gasteiger partial charge in [0.15, 0.2) is 6.04 Å². The summed E-state index contributed by atoms with van der Waals surface area (Å²) in [5.41, 5.74) is 1.85. The fourth-order valence-electron chi connectivity index (χ4n) is 6.27. The van der Waals surface area contributed by atoms with Gasteiger partial charge >= 0.3 is 12.3 Å². The van der Waals surface area contributed by atoms with Gasteiger partial charge in [0, 0.05) is 45.4 Å². The molecule has 0 aliphatic heterocycles. The average molecular weight is 757 g/mol. The van der Waals surface area contributed by atoms with Crippen LogP contribution in [-0.2, 0) is 19.6 Å². The van der Waals surface area contributed by atoms with E-state index in [4.69, 9.17) is 4.74 Å². The van der Waals surface area contributed by atoms with Crippen LogP contribution >= 0.6 is 11.3 Å². The van der Waals surface area contributed by atoms with E-state index in [2.05, 4.69) is 15.6 Å². The van der Waals surface area contributed by atoms with Crippen molar-refractivity contribution in [2.24, 2.45) is 0 Å². The molecule has 5 aromatic rings. The number of rotatable bonds is 14. The van der Waals surface area contributed by atoms with Crippen LogP contribution in [0.15, 0.2) is 108 Å². The number of alkyl halides is 3. The molecule has 10 nitrogen and oxygen atoms in total. The van der Waals surface area contributed by atoms with E-state index in [0.717, 1.165) is 12.6 Å². The number of aromatic nitrogens is 1. The van der Waals surface area contributed by atoms with E-state index in [1.54, 1.807) is 92.8 Å². The molecule has 0 spiro atoms. The molecule has 15 heteroatoms. The first-order valence-corrected chi connectivity index (χ1v) is 18.6. The minimum Gasteiger partial charge on any atom is -0.453 e. The zero-order valence-corrected chi connectivity index (χ0v) is 30.1. The molecule has 3 aromatic carbocycles. The fourth-order valence-corrected chi connectivity index (χ4v) is 9.43. The molecule has 2 amide bonds. The van der Waals surface area contributed by atoms with Crippen molar-refractivity contribution >= 4 is 44.3 Å². The molecule has 276 valence electrons. The number of fused-ring (bicyclic) bond motifs is 1. The van der Waals surface area contributed by atoms with Crippen molar-refractivity contribution in [2.75, 3.05) is 13.7 Å². The zero-order chi connectivity index (χ0) is 37.6. The molecule has 2 heterocycles. The molecule has 0 fully saturated rings. The number of carbonyl (C=O) groups excluding carboxylic acids is 2. The first kappa shape index (κ1) is 38.5. The Morgan fingerprint density at radius 1 is 0.904 bits per heavy atom. The number of aliphatic hydroxyl groups is 1. The van der Waals surface area contributed by atoms with Gasteiger partial charge in [-0.1, -0.05) is 60.7 Å². The molecule has 5 rings (SSSR count). The highest BCUT2D eigenvalue weighted by Gasteiger charge is 2.46. The Balaban J connectivity index is 1.52. The number of nitrogens with zero attached hydrogens (tertiary/aromatic N) is 1. The van der Waals surface area contributed by atoms with E-state index in [-0.39, 0.29) is 21.1 Å². The summed E-state index contributed by atoms with van der Waals surface area (Å²) >= 11 is 0.681. The lowest BCUT2D eigenvalue weighted by atomic mass is 9.84. The third kappa shape index (κ3) is 8.49. The lowest BCUT2D eigenvalue weighted by Crippen LogP contribution is -2.52. The smallest absolute Gasteiger partial charge is 0.413 e. The molecular weight excluding hydrogens is 718 g/mol. The number of methoxy groups -OCH3 is 1. The monoisotopic (exact) mass is 756 g/mol. The summed E-state index contributed by atoms with van der Waals surface area (Å²) in [5, 5.41) is 15.3. The number of amides is 2. The summed E-state index contributed by atoms with van der Waals surface area (Å²) in [6, 6.07) is 20.3. The van der Waals surface area contributed by atoms with E-state index >= 15 is 0 Å². The summed E-state index contributed by atoms with van der Waals surface area (Å²) in [5.74, 6) is -2.03. The summed E-state index contributed by atoms with van der Waals surface area (Å²) in [6.45, 7) is 2.84. The molecular formula is C37H39F3N4O6S2. The van der Waals surface area contributed by atoms with Gasteiger partial charge in [0.2, 0.25) is 15.9 Å². The number of H-pyrrole nitrogens is 1. The van der Waals surface area contributed by atoms with E-state index in [0.29, 0.717) is 27.8 Å². The highest BCUT2D eigenvalue weighted by molar-refractivity contribution is 7.89. The summed E-state index contributed by atoms with van der Waals surface area (Å²) in [7, 11) is -3.13. The fraction of sp³-hybridized carbons (Fsp3) is 0.297. The van der Waals surface area contributed by atoms with Gasteiger partial charge in [-0.25, -0.2) is 13.2 Å². The van der Waals surface area contributed by atoms with Gasteiger partial charge in [-0.15, -0.1) is 11.3 Å². The Hall–Kier alpha value is -4.70. The van der Waals surface area contributed by atoms with Gasteiger partial charge in [0.25, 0.3) is 0 Å². The van der Waals surface area contributed by atoms with Crippen molar-refractivity contribution in [1.29, 1.82) is 0 Å². The van der Waals surface area contributed by atoms with E-state index in [9.17, 15) is 36.3 Å². The third-order valence-electron chi connectivity index (χ3n) is 8.59. The number of hydrogen-bond donors (Lipinski definition) is 4. The van der Waals surface area contributed by atoms with E-state index in [1.165, 1.54) is 28.6 Å². The molecule has 0 saturated carbocycles. The number of benzene rings is 3. The van der Waals surface area contributed by atoms with E-state index in [1.807, 2.05) is 0 Å². The molecule has 0 bridgehead atoms. The van der Waals surface area contributed by atoms with Gasteiger partial charge < -0.3 is 25.5 Å². The first-order valence-electron chi connectivity index (χ1n) is 16.4. The number of aliphatic hydroxyl groups excluding tert-OH is 1. The highest BCUT2D eigenvalue weighted by atomic mass is 32.2. The quantitative estimate of drug-likeness (QED) is 0.0960. The summed E-state index contributed by atoms with van der Waals surface area (Å²) < 4.78 is 78.9. The molecule has 52 heavy (non-hydrogen) atoms. The number of aromatic amines is 1. The van der Waals surface area contributed by atoms with Crippen LogP contribution in [0.25, 0.3) is 10.9 Å². The predicted molar refractivity (Wildman–Crippen MR) is 192 cm³/mol. The molecule has 0 aliphatic rings. The minimum absolute atomic E-state index is 0.0102. The minimum atomic E-state index is -5.00. The van der Waals surface area contributed by atoms with Gasteiger partial charge in [-0.2, -0.15) is 17.5 Å². The van der Waals surface area contributed by atoms with Crippen LogP contribution in [-0.4, -0.2) is 66.8 Å². The lowest BCUT2D eigenvalue weighted by molar-refractivity contribution is -0.163. The Bertz CT molecular complexity index is 2030. The van der Waals surface area contributed by atoms with Gasteiger partial charge in [0.1, 0.15) is 6.04 Å². The van der Waals surface area contributed by atoms with Crippen molar-refractivity contribution < 1.29 is 41.0 Å². The number of thiophene rings is 1. The topological polar surface area (TPSA) is 141 Å². The Morgan fingerprint density at radius 3 is 2.08 bits per heavy atom. The number of carbonyl (C=O) groups is 2. The second kappa shape index (κ2) is 16.3. The number of halogens is 3. The molecule has 2 aromatic heterocycles. The number of sulfonamides is 1. The maximum absolute atomic E-state index is 14.9. The second-order valence-corrected chi connectivity index (χ2v) is 15.3. The SMILES string of the molecule is COC(=O)N[C@H](C(=O)N[C@H](c1ccc([C@@H](CCO)N(C(C)C)S(=O)(=O)c2ccc3[nH]ccc3c2)s1)C(F)(F)F)C(c1ccccc1)c1ccccc1. The van der Waals surface area contributed by atoms with Crippen LogP contribution in [0.5, 0.6) is 0 Å². The molecule has 3 atom stereocenters. The molecule has 0 aliphatic carbocycles. The highest BCUT2D eigenvalue weighted by Crippen LogP contribution is 2.42. The van der Waals surface area contributed by atoms with Crippen molar-refractivity contribution in [1.82, 2.24) is 19.9 Å². The van der Waals surface area contributed by atoms with Crippen LogP contribution in [0.3, 0.4) is 0 Å². The standard InChI is InChI=1S/C37H39F3N4O6S2/c1-23(2)44(52(48,49)27-14-15-28-26(22-27)18-20-41-28)29(19-21-45)30-16-17-31(51-30)34(37(38,39)40)43-35(46)33(42-36(47)50-3)32(24-10-6-4-7-11-24)25-12-8-5-9-13-25/h4-18,20,22-23,29,32-34,41,45H,19,21H2,1-3H3,(H,42,47)(H,43,46)/t29-,33+,34-/m1/s1. The van der Waals surface area contributed by atoms with Crippen LogP contribution in [0.2, 0.25) is 0 Å². The van der Waals surface area contributed by atoms with Gasteiger partial charge in [-0.3, -0.25) is 4.79 Å².